The molecule has 3 N–H and O–H groups in total. The van der Waals surface area contributed by atoms with Gasteiger partial charge in [0, 0.05) is 23.5 Å². The molecule has 0 aliphatic rings. The molecule has 0 bridgehead atoms. The molecule has 0 aliphatic carbocycles. The Labute approximate surface area is 164 Å². The highest BCUT2D eigenvalue weighted by molar-refractivity contribution is 6.33. The maximum Gasteiger partial charge on any atom is 0.227 e. The standard InChI is InChI=1S/C20H14ClN7/c21-14-10-13(24-19-18-17(27-28-19)6-3-9-22-18)7-8-16(14)26-20-23-11-12-4-1-2-5-15(12)25-20/h1-11H,(H,23,25,26)(H2,24,27,28). The minimum absolute atomic E-state index is 0.490. The minimum atomic E-state index is 0.490. The van der Waals surface area contributed by atoms with Crippen molar-refractivity contribution in [2.45, 2.75) is 0 Å². The van der Waals surface area contributed by atoms with Gasteiger partial charge in [0.2, 0.25) is 5.95 Å². The van der Waals surface area contributed by atoms with Gasteiger partial charge in [0.1, 0.15) is 5.52 Å². The van der Waals surface area contributed by atoms with E-state index < -0.39 is 0 Å². The summed E-state index contributed by atoms with van der Waals surface area (Å²) in [6.07, 6.45) is 3.51. The van der Waals surface area contributed by atoms with Crippen LogP contribution in [0.2, 0.25) is 5.02 Å². The zero-order valence-electron chi connectivity index (χ0n) is 14.5. The molecule has 0 fully saturated rings. The minimum Gasteiger partial charge on any atom is -0.337 e. The Hall–Kier alpha value is -3.71. The second kappa shape index (κ2) is 6.79. The van der Waals surface area contributed by atoms with Gasteiger partial charge >= 0.3 is 0 Å². The number of nitrogens with zero attached hydrogens (tertiary/aromatic N) is 4. The number of aromatic amines is 1. The van der Waals surface area contributed by atoms with E-state index in [1.165, 1.54) is 0 Å². The Kier molecular flexibility index (Phi) is 3.99. The molecule has 136 valence electrons. The lowest BCUT2D eigenvalue weighted by Gasteiger charge is -2.10. The van der Waals surface area contributed by atoms with Gasteiger partial charge in [-0.25, -0.2) is 9.97 Å². The van der Waals surface area contributed by atoms with Gasteiger partial charge in [-0.3, -0.25) is 10.1 Å². The fourth-order valence-electron chi connectivity index (χ4n) is 2.92. The molecule has 7 nitrogen and oxygen atoms in total. The Morgan fingerprint density at radius 3 is 2.79 bits per heavy atom. The number of benzene rings is 2. The number of anilines is 4. The van der Waals surface area contributed by atoms with Crippen molar-refractivity contribution in [2.75, 3.05) is 10.6 Å². The summed E-state index contributed by atoms with van der Waals surface area (Å²) in [6, 6.07) is 17.2. The van der Waals surface area contributed by atoms with Gasteiger partial charge in [0.25, 0.3) is 0 Å². The van der Waals surface area contributed by atoms with Crippen molar-refractivity contribution in [1.82, 2.24) is 25.1 Å². The number of nitrogens with one attached hydrogen (secondary N) is 3. The van der Waals surface area contributed by atoms with Crippen molar-refractivity contribution >= 4 is 56.7 Å². The molecular weight excluding hydrogens is 374 g/mol. The fourth-order valence-corrected chi connectivity index (χ4v) is 3.15. The van der Waals surface area contributed by atoms with Crippen LogP contribution in [0.1, 0.15) is 0 Å². The molecule has 3 heterocycles. The number of pyridine rings is 1. The van der Waals surface area contributed by atoms with E-state index in [0.29, 0.717) is 22.5 Å². The maximum absolute atomic E-state index is 6.45. The summed E-state index contributed by atoms with van der Waals surface area (Å²) >= 11 is 6.45. The molecule has 2 aromatic carbocycles. The summed E-state index contributed by atoms with van der Waals surface area (Å²) in [5.41, 5.74) is 4.02. The second-order valence-electron chi connectivity index (χ2n) is 6.17. The Bertz CT molecular complexity index is 1300. The average molecular weight is 388 g/mol. The zero-order chi connectivity index (χ0) is 18.9. The van der Waals surface area contributed by atoms with E-state index in [4.69, 9.17) is 11.6 Å². The lowest BCUT2D eigenvalue weighted by atomic mass is 10.2. The summed E-state index contributed by atoms with van der Waals surface area (Å²) in [5.74, 6) is 1.13. The first kappa shape index (κ1) is 16.5. The van der Waals surface area contributed by atoms with Crippen molar-refractivity contribution in [1.29, 1.82) is 0 Å². The van der Waals surface area contributed by atoms with Crippen LogP contribution in [0.15, 0.2) is 67.0 Å². The van der Waals surface area contributed by atoms with Crippen molar-refractivity contribution in [3.8, 4) is 0 Å². The molecular formula is C20H14ClN7. The first-order valence-corrected chi connectivity index (χ1v) is 8.98. The van der Waals surface area contributed by atoms with Crippen molar-refractivity contribution in [2.24, 2.45) is 0 Å². The number of H-pyrrole nitrogens is 1. The Morgan fingerprint density at radius 1 is 0.929 bits per heavy atom. The molecule has 5 rings (SSSR count). The third kappa shape index (κ3) is 3.08. The number of aromatic nitrogens is 5. The first-order valence-electron chi connectivity index (χ1n) is 8.61. The van der Waals surface area contributed by atoms with E-state index in [0.717, 1.165) is 27.6 Å². The smallest absolute Gasteiger partial charge is 0.227 e. The van der Waals surface area contributed by atoms with Crippen LogP contribution in [0, 0.1) is 0 Å². The third-order valence-electron chi connectivity index (χ3n) is 4.29. The van der Waals surface area contributed by atoms with E-state index in [2.05, 4.69) is 35.8 Å². The van der Waals surface area contributed by atoms with Crippen LogP contribution in [0.5, 0.6) is 0 Å². The van der Waals surface area contributed by atoms with Crippen molar-refractivity contribution in [3.63, 3.8) is 0 Å². The number of halogens is 1. The predicted molar refractivity (Wildman–Crippen MR) is 111 cm³/mol. The number of rotatable bonds is 4. The molecule has 3 aromatic heterocycles. The largest absolute Gasteiger partial charge is 0.337 e. The number of para-hydroxylation sites is 1. The highest BCUT2D eigenvalue weighted by Gasteiger charge is 2.09. The van der Waals surface area contributed by atoms with Gasteiger partial charge < -0.3 is 10.6 Å². The van der Waals surface area contributed by atoms with E-state index in [9.17, 15) is 0 Å². The maximum atomic E-state index is 6.45. The highest BCUT2D eigenvalue weighted by Crippen LogP contribution is 2.30. The van der Waals surface area contributed by atoms with Gasteiger partial charge in [-0.15, -0.1) is 0 Å². The van der Waals surface area contributed by atoms with Crippen LogP contribution in [-0.4, -0.2) is 25.1 Å². The van der Waals surface area contributed by atoms with Gasteiger partial charge in [-0.2, -0.15) is 5.10 Å². The van der Waals surface area contributed by atoms with Crippen molar-refractivity contribution < 1.29 is 0 Å². The molecule has 0 atom stereocenters. The quantitative estimate of drug-likeness (QED) is 0.400. The molecule has 0 saturated heterocycles. The molecule has 0 saturated carbocycles. The molecule has 0 spiro atoms. The fraction of sp³-hybridized carbons (Fsp3) is 0. The monoisotopic (exact) mass is 387 g/mol. The molecule has 0 amide bonds. The van der Waals surface area contributed by atoms with Gasteiger partial charge in [0.05, 0.1) is 21.7 Å². The van der Waals surface area contributed by atoms with Gasteiger partial charge in [-0.1, -0.05) is 29.8 Å². The van der Waals surface area contributed by atoms with Gasteiger partial charge in [-0.05, 0) is 36.4 Å². The Morgan fingerprint density at radius 2 is 1.86 bits per heavy atom. The Balaban J connectivity index is 1.39. The van der Waals surface area contributed by atoms with E-state index in [1.54, 1.807) is 12.4 Å². The number of hydrogen-bond acceptors (Lipinski definition) is 6. The zero-order valence-corrected chi connectivity index (χ0v) is 15.3. The van der Waals surface area contributed by atoms with Crippen LogP contribution in [0.4, 0.5) is 23.1 Å². The SMILES string of the molecule is Clc1cc(Nc2n[nH]c3cccnc23)ccc1Nc1ncc2ccccc2n1. The van der Waals surface area contributed by atoms with Crippen LogP contribution in [-0.2, 0) is 0 Å². The summed E-state index contributed by atoms with van der Waals surface area (Å²) in [6.45, 7) is 0. The molecule has 0 unspecified atom stereocenters. The molecule has 28 heavy (non-hydrogen) atoms. The molecule has 0 aliphatic heterocycles. The number of fused-ring (bicyclic) bond motifs is 2. The van der Waals surface area contributed by atoms with Gasteiger partial charge in [0.15, 0.2) is 5.82 Å². The third-order valence-corrected chi connectivity index (χ3v) is 4.60. The number of hydrogen-bond donors (Lipinski definition) is 3. The normalized spacial score (nSPS) is 11.0. The lowest BCUT2D eigenvalue weighted by Crippen LogP contribution is -1.98. The summed E-state index contributed by atoms with van der Waals surface area (Å²) in [4.78, 5) is 13.2. The summed E-state index contributed by atoms with van der Waals surface area (Å²) in [7, 11) is 0. The molecule has 5 aromatic rings. The summed E-state index contributed by atoms with van der Waals surface area (Å²) < 4.78 is 0. The van der Waals surface area contributed by atoms with E-state index in [1.807, 2.05) is 54.6 Å². The first-order chi connectivity index (χ1) is 13.8. The highest BCUT2D eigenvalue weighted by atomic mass is 35.5. The molecule has 8 heteroatoms. The van der Waals surface area contributed by atoms with E-state index >= 15 is 0 Å². The summed E-state index contributed by atoms with van der Waals surface area (Å²) in [5, 5.41) is 15.1. The molecule has 0 radical (unpaired) electrons. The van der Waals surface area contributed by atoms with E-state index in [-0.39, 0.29) is 0 Å². The van der Waals surface area contributed by atoms with Crippen LogP contribution < -0.4 is 10.6 Å². The topological polar surface area (TPSA) is 91.4 Å². The average Bonchev–Trinajstić information content (AvgIpc) is 3.13. The van der Waals surface area contributed by atoms with Crippen LogP contribution in [0.25, 0.3) is 21.9 Å². The predicted octanol–water partition coefficient (Wildman–Crippen LogP) is 5.04. The van der Waals surface area contributed by atoms with Crippen LogP contribution in [0.3, 0.4) is 0 Å². The lowest BCUT2D eigenvalue weighted by molar-refractivity contribution is 1.12. The van der Waals surface area contributed by atoms with Crippen LogP contribution >= 0.6 is 11.6 Å². The second-order valence-corrected chi connectivity index (χ2v) is 6.58. The van der Waals surface area contributed by atoms with Crippen molar-refractivity contribution in [3.05, 3.63) is 72.0 Å².